The van der Waals surface area contributed by atoms with E-state index in [2.05, 4.69) is 43.1 Å². The Bertz CT molecular complexity index is 1580. The largest absolute Gasteiger partial charge is 0.338 e. The molecule has 0 bridgehead atoms. The first kappa shape index (κ1) is 17.9. The molecule has 150 valence electrons. The molecule has 6 aromatic rings. The van der Waals surface area contributed by atoms with Crippen LogP contribution >= 0.6 is 11.3 Å². The average molecular weight is 426 g/mol. The van der Waals surface area contributed by atoms with Crippen molar-refractivity contribution in [1.82, 2.24) is 30.1 Å². The second kappa shape index (κ2) is 6.82. The Morgan fingerprint density at radius 1 is 0.903 bits per heavy atom. The molecule has 0 radical (unpaired) electrons. The van der Waals surface area contributed by atoms with Crippen molar-refractivity contribution in [2.75, 3.05) is 0 Å². The predicted octanol–water partition coefficient (Wildman–Crippen LogP) is 5.74. The quantitative estimate of drug-likeness (QED) is 0.378. The van der Waals surface area contributed by atoms with Crippen LogP contribution in [0.2, 0.25) is 0 Å². The van der Waals surface area contributed by atoms with Gasteiger partial charge in [-0.05, 0) is 48.9 Å². The molecular weight excluding hydrogens is 411 g/mol. The molecule has 0 aliphatic carbocycles. The number of aryl methyl sites for hydroxylation is 1. The molecule has 0 aliphatic heterocycles. The predicted molar refractivity (Wildman–Crippen MR) is 120 cm³/mol. The molecule has 8 heteroatoms. The number of halogens is 1. The van der Waals surface area contributed by atoms with E-state index in [1.807, 2.05) is 30.6 Å². The van der Waals surface area contributed by atoms with Crippen molar-refractivity contribution in [3.63, 3.8) is 0 Å². The second-order valence-electron chi connectivity index (χ2n) is 7.29. The molecule has 0 spiro atoms. The van der Waals surface area contributed by atoms with E-state index in [4.69, 9.17) is 0 Å². The van der Waals surface area contributed by atoms with Crippen molar-refractivity contribution < 1.29 is 4.39 Å². The van der Waals surface area contributed by atoms with Crippen molar-refractivity contribution in [2.24, 2.45) is 0 Å². The van der Waals surface area contributed by atoms with Gasteiger partial charge in [-0.25, -0.2) is 9.97 Å². The molecular formula is C23H15FN6S. The Balaban J connectivity index is 1.52. The summed E-state index contributed by atoms with van der Waals surface area (Å²) in [4.78, 5) is 17.5. The third-order valence-corrected chi connectivity index (χ3v) is 6.30. The summed E-state index contributed by atoms with van der Waals surface area (Å²) in [6.07, 6.45) is 7.17. The van der Waals surface area contributed by atoms with Crippen LogP contribution in [0.25, 0.3) is 55.0 Å². The maximum absolute atomic E-state index is 13.6. The van der Waals surface area contributed by atoms with Gasteiger partial charge in [0.2, 0.25) is 0 Å². The molecule has 0 aliphatic rings. The van der Waals surface area contributed by atoms with E-state index < -0.39 is 0 Å². The van der Waals surface area contributed by atoms with Crippen LogP contribution in [-0.2, 0) is 0 Å². The lowest BCUT2D eigenvalue weighted by molar-refractivity contribution is 0.657. The third-order valence-electron chi connectivity index (χ3n) is 5.39. The lowest BCUT2D eigenvalue weighted by Gasteiger charge is -2.04. The number of pyridine rings is 3. The molecule has 6 rings (SSSR count). The van der Waals surface area contributed by atoms with Crippen LogP contribution in [0.15, 0.2) is 61.2 Å². The summed E-state index contributed by atoms with van der Waals surface area (Å²) in [5, 5.41) is 9.12. The van der Waals surface area contributed by atoms with Crippen LogP contribution in [0.1, 0.15) is 5.56 Å². The molecule has 0 atom stereocenters. The van der Waals surface area contributed by atoms with Crippen LogP contribution in [0, 0.1) is 12.1 Å². The monoisotopic (exact) mass is 426 g/mol. The summed E-state index contributed by atoms with van der Waals surface area (Å²) in [7, 11) is 0. The molecule has 0 saturated carbocycles. The molecule has 0 fully saturated rings. The lowest BCUT2D eigenvalue weighted by Crippen LogP contribution is -1.87. The smallest absolute Gasteiger partial charge is 0.176 e. The Hall–Kier alpha value is -3.91. The fourth-order valence-electron chi connectivity index (χ4n) is 3.85. The van der Waals surface area contributed by atoms with Gasteiger partial charge >= 0.3 is 0 Å². The zero-order valence-electron chi connectivity index (χ0n) is 16.3. The Labute approximate surface area is 179 Å². The third kappa shape index (κ3) is 2.91. The van der Waals surface area contributed by atoms with Crippen molar-refractivity contribution in [2.45, 2.75) is 6.92 Å². The van der Waals surface area contributed by atoms with E-state index in [9.17, 15) is 4.39 Å². The summed E-state index contributed by atoms with van der Waals surface area (Å²) in [6.45, 7) is 2.05. The van der Waals surface area contributed by atoms with Gasteiger partial charge in [-0.15, -0.1) is 11.3 Å². The number of H-pyrrole nitrogens is 2. The molecule has 0 saturated heterocycles. The van der Waals surface area contributed by atoms with Crippen LogP contribution in [0.3, 0.4) is 0 Å². The minimum absolute atomic E-state index is 0.210. The van der Waals surface area contributed by atoms with E-state index in [1.165, 1.54) is 6.07 Å². The van der Waals surface area contributed by atoms with Crippen molar-refractivity contribution >= 4 is 33.4 Å². The first-order chi connectivity index (χ1) is 15.2. The highest BCUT2D eigenvalue weighted by Crippen LogP contribution is 2.36. The van der Waals surface area contributed by atoms with Crippen molar-refractivity contribution in [3.05, 3.63) is 71.9 Å². The summed E-state index contributed by atoms with van der Waals surface area (Å²) in [5.74, 6) is 0. The summed E-state index contributed by atoms with van der Waals surface area (Å²) in [5.41, 5.74) is 7.08. The highest BCUT2D eigenvalue weighted by molar-refractivity contribution is 7.14. The molecule has 2 N–H and O–H groups in total. The number of nitrogens with one attached hydrogen (secondary N) is 2. The van der Waals surface area contributed by atoms with Gasteiger partial charge < -0.3 is 4.98 Å². The molecule has 6 aromatic heterocycles. The first-order valence-corrected chi connectivity index (χ1v) is 10.5. The standard InChI is InChI=1S/C23H15FN6S/c1-12-4-6-25-11-17(12)13-8-16-21(29-30-23(16)27-10-13)18-9-15-14(5-7-26-22(15)28-18)19-2-3-20(24)31-19/h2-11H,1H3,(H,26,28)(H,27,29,30). The number of aromatic amines is 2. The Kier molecular flexibility index (Phi) is 3.94. The number of rotatable bonds is 3. The highest BCUT2D eigenvalue weighted by Gasteiger charge is 2.16. The number of aromatic nitrogens is 6. The van der Waals surface area contributed by atoms with Gasteiger partial charge in [-0.1, -0.05) is 0 Å². The molecule has 6 heterocycles. The van der Waals surface area contributed by atoms with Gasteiger partial charge in [0.15, 0.2) is 10.8 Å². The number of nitrogens with zero attached hydrogens (tertiary/aromatic N) is 4. The number of hydrogen-bond donors (Lipinski definition) is 2. The number of hydrogen-bond acceptors (Lipinski definition) is 5. The normalized spacial score (nSPS) is 11.5. The van der Waals surface area contributed by atoms with E-state index in [-0.39, 0.29) is 5.13 Å². The summed E-state index contributed by atoms with van der Waals surface area (Å²) >= 11 is 1.12. The first-order valence-electron chi connectivity index (χ1n) is 9.66. The van der Waals surface area contributed by atoms with Gasteiger partial charge in [0.1, 0.15) is 11.3 Å². The van der Waals surface area contributed by atoms with Gasteiger partial charge in [-0.2, -0.15) is 9.49 Å². The van der Waals surface area contributed by atoms with E-state index >= 15 is 0 Å². The molecule has 0 amide bonds. The molecule has 0 unspecified atom stereocenters. The van der Waals surface area contributed by atoms with Gasteiger partial charge in [0.05, 0.1) is 5.69 Å². The van der Waals surface area contributed by atoms with Crippen molar-refractivity contribution in [3.8, 4) is 33.0 Å². The fourth-order valence-corrected chi connectivity index (χ4v) is 4.62. The maximum atomic E-state index is 13.6. The molecule has 31 heavy (non-hydrogen) atoms. The molecule has 6 nitrogen and oxygen atoms in total. The maximum Gasteiger partial charge on any atom is 0.176 e. The van der Waals surface area contributed by atoms with Crippen LogP contribution < -0.4 is 0 Å². The zero-order valence-corrected chi connectivity index (χ0v) is 17.2. The van der Waals surface area contributed by atoms with E-state index in [1.54, 1.807) is 18.5 Å². The second-order valence-corrected chi connectivity index (χ2v) is 8.32. The Morgan fingerprint density at radius 3 is 2.68 bits per heavy atom. The van der Waals surface area contributed by atoms with Gasteiger partial charge in [0.25, 0.3) is 0 Å². The lowest BCUT2D eigenvalue weighted by atomic mass is 10.0. The van der Waals surface area contributed by atoms with Crippen LogP contribution in [0.5, 0.6) is 0 Å². The minimum Gasteiger partial charge on any atom is -0.338 e. The topological polar surface area (TPSA) is 83.1 Å². The van der Waals surface area contributed by atoms with Crippen molar-refractivity contribution in [1.29, 1.82) is 0 Å². The summed E-state index contributed by atoms with van der Waals surface area (Å²) < 4.78 is 13.6. The van der Waals surface area contributed by atoms with Gasteiger partial charge in [0, 0.05) is 57.1 Å². The van der Waals surface area contributed by atoms with Gasteiger partial charge in [-0.3, -0.25) is 10.1 Å². The van der Waals surface area contributed by atoms with Crippen LogP contribution in [0.4, 0.5) is 4.39 Å². The van der Waals surface area contributed by atoms with Crippen LogP contribution in [-0.4, -0.2) is 30.1 Å². The van der Waals surface area contributed by atoms with E-state index in [0.29, 0.717) is 5.65 Å². The average Bonchev–Trinajstić information content (AvgIpc) is 3.50. The fraction of sp³-hybridized carbons (Fsp3) is 0.0435. The number of thiophene rings is 1. The Morgan fingerprint density at radius 2 is 1.84 bits per heavy atom. The number of fused-ring (bicyclic) bond motifs is 2. The minimum atomic E-state index is -0.210. The summed E-state index contributed by atoms with van der Waals surface area (Å²) in [6, 6.07) is 11.2. The molecule has 0 aromatic carbocycles. The zero-order chi connectivity index (χ0) is 20.9. The SMILES string of the molecule is Cc1ccncc1-c1cnc2[nH]nc(-c3cc4c(-c5ccc(F)s5)ccnc4[nH]3)c2c1. The highest BCUT2D eigenvalue weighted by atomic mass is 32.1. The van der Waals surface area contributed by atoms with E-state index in [0.717, 1.165) is 66.3 Å².